The smallest absolute Gasteiger partial charge is 0.306 e. The maximum atomic E-state index is 11.1. The van der Waals surface area contributed by atoms with E-state index in [1.807, 2.05) is 6.92 Å². The molecule has 2 N–H and O–H groups in total. The van der Waals surface area contributed by atoms with Crippen molar-refractivity contribution in [1.29, 1.82) is 0 Å². The van der Waals surface area contributed by atoms with Crippen molar-refractivity contribution in [2.24, 2.45) is 5.73 Å². The van der Waals surface area contributed by atoms with E-state index in [1.165, 1.54) is 20.0 Å². The van der Waals surface area contributed by atoms with Crippen LogP contribution in [0.3, 0.4) is 0 Å². The first kappa shape index (κ1) is 12.5. The summed E-state index contributed by atoms with van der Waals surface area (Å²) in [6.07, 6.45) is 4.09. The normalized spacial score (nSPS) is 24.9. The lowest BCUT2D eigenvalue weighted by Gasteiger charge is -2.37. The van der Waals surface area contributed by atoms with E-state index >= 15 is 0 Å². The SMILES string of the molecule is COC(=O)CCN1CCCCC1C(C)N. The second kappa shape index (κ2) is 6.08. The van der Waals surface area contributed by atoms with Gasteiger partial charge in [0.25, 0.3) is 0 Å². The average molecular weight is 214 g/mol. The molecule has 0 aromatic carbocycles. The summed E-state index contributed by atoms with van der Waals surface area (Å²) in [4.78, 5) is 13.4. The Balaban J connectivity index is 2.39. The lowest BCUT2D eigenvalue weighted by atomic mass is 9.97. The van der Waals surface area contributed by atoms with Gasteiger partial charge in [-0.05, 0) is 26.3 Å². The molecule has 0 aromatic rings. The van der Waals surface area contributed by atoms with E-state index < -0.39 is 0 Å². The van der Waals surface area contributed by atoms with Gasteiger partial charge in [-0.25, -0.2) is 0 Å². The molecular weight excluding hydrogens is 192 g/mol. The summed E-state index contributed by atoms with van der Waals surface area (Å²) in [5.74, 6) is -0.135. The van der Waals surface area contributed by atoms with Crippen molar-refractivity contribution in [2.75, 3.05) is 20.2 Å². The second-order valence-corrected chi connectivity index (χ2v) is 4.28. The number of nitrogens with zero attached hydrogens (tertiary/aromatic N) is 1. The van der Waals surface area contributed by atoms with Crippen LogP contribution in [0.2, 0.25) is 0 Å². The summed E-state index contributed by atoms with van der Waals surface area (Å²) in [6.45, 7) is 3.88. The molecule has 1 fully saturated rings. The Morgan fingerprint density at radius 3 is 2.93 bits per heavy atom. The van der Waals surface area contributed by atoms with Gasteiger partial charge in [0.2, 0.25) is 0 Å². The van der Waals surface area contributed by atoms with Crippen LogP contribution in [0.5, 0.6) is 0 Å². The summed E-state index contributed by atoms with van der Waals surface area (Å²) in [7, 11) is 1.43. The van der Waals surface area contributed by atoms with Crippen molar-refractivity contribution >= 4 is 5.97 Å². The molecular formula is C11H22N2O2. The third-order valence-electron chi connectivity index (χ3n) is 3.10. The van der Waals surface area contributed by atoms with Crippen molar-refractivity contribution < 1.29 is 9.53 Å². The largest absolute Gasteiger partial charge is 0.469 e. The van der Waals surface area contributed by atoms with Crippen LogP contribution in [-0.2, 0) is 9.53 Å². The van der Waals surface area contributed by atoms with Crippen molar-refractivity contribution in [3.8, 4) is 0 Å². The van der Waals surface area contributed by atoms with Crippen LogP contribution in [0.1, 0.15) is 32.6 Å². The standard InChI is InChI=1S/C11H22N2O2/c1-9(12)10-5-3-4-7-13(10)8-6-11(14)15-2/h9-10H,3-8,12H2,1-2H3. The van der Waals surface area contributed by atoms with Gasteiger partial charge in [-0.3, -0.25) is 9.69 Å². The quantitative estimate of drug-likeness (QED) is 0.702. The molecule has 0 bridgehead atoms. The zero-order chi connectivity index (χ0) is 11.3. The average Bonchev–Trinajstić information content (AvgIpc) is 2.26. The number of methoxy groups -OCH3 is 1. The third kappa shape index (κ3) is 3.80. The van der Waals surface area contributed by atoms with Crippen LogP contribution in [0.25, 0.3) is 0 Å². The summed E-state index contributed by atoms with van der Waals surface area (Å²) < 4.78 is 4.64. The van der Waals surface area contributed by atoms with Gasteiger partial charge in [-0.15, -0.1) is 0 Å². The molecule has 1 saturated heterocycles. The van der Waals surface area contributed by atoms with Gasteiger partial charge in [0.15, 0.2) is 0 Å². The van der Waals surface area contributed by atoms with Crippen molar-refractivity contribution in [3.05, 3.63) is 0 Å². The van der Waals surface area contributed by atoms with Gasteiger partial charge < -0.3 is 10.5 Å². The van der Waals surface area contributed by atoms with Crippen molar-refractivity contribution in [3.63, 3.8) is 0 Å². The molecule has 0 radical (unpaired) electrons. The molecule has 88 valence electrons. The first-order chi connectivity index (χ1) is 7.15. The second-order valence-electron chi connectivity index (χ2n) is 4.28. The van der Waals surface area contributed by atoms with Crippen LogP contribution >= 0.6 is 0 Å². The Morgan fingerprint density at radius 1 is 1.60 bits per heavy atom. The summed E-state index contributed by atoms with van der Waals surface area (Å²) in [5.41, 5.74) is 5.94. The molecule has 4 heteroatoms. The molecule has 1 rings (SSSR count). The lowest BCUT2D eigenvalue weighted by molar-refractivity contribution is -0.141. The molecule has 0 aliphatic carbocycles. The fourth-order valence-corrected chi connectivity index (χ4v) is 2.23. The highest BCUT2D eigenvalue weighted by Crippen LogP contribution is 2.19. The van der Waals surface area contributed by atoms with E-state index in [9.17, 15) is 4.79 Å². The molecule has 2 atom stereocenters. The van der Waals surface area contributed by atoms with E-state index in [-0.39, 0.29) is 12.0 Å². The minimum Gasteiger partial charge on any atom is -0.469 e. The van der Waals surface area contributed by atoms with Gasteiger partial charge in [0.05, 0.1) is 13.5 Å². The van der Waals surface area contributed by atoms with E-state index in [2.05, 4.69) is 9.64 Å². The first-order valence-corrected chi connectivity index (χ1v) is 5.71. The molecule has 4 nitrogen and oxygen atoms in total. The van der Waals surface area contributed by atoms with Gasteiger partial charge in [-0.2, -0.15) is 0 Å². The predicted octanol–water partition coefficient (Wildman–Crippen LogP) is 0.751. The molecule has 1 aliphatic rings. The Hall–Kier alpha value is -0.610. The Morgan fingerprint density at radius 2 is 2.33 bits per heavy atom. The highest BCUT2D eigenvalue weighted by Gasteiger charge is 2.25. The van der Waals surface area contributed by atoms with Gasteiger partial charge in [-0.1, -0.05) is 6.42 Å². The number of likely N-dealkylation sites (tertiary alicyclic amines) is 1. The Kier molecular flexibility index (Phi) is 5.05. The van der Waals surface area contributed by atoms with Gasteiger partial charge in [0, 0.05) is 18.6 Å². The highest BCUT2D eigenvalue weighted by atomic mass is 16.5. The molecule has 0 saturated carbocycles. The zero-order valence-electron chi connectivity index (χ0n) is 9.74. The summed E-state index contributed by atoms with van der Waals surface area (Å²) in [6, 6.07) is 0.617. The van der Waals surface area contributed by atoms with Crippen LogP contribution < -0.4 is 5.73 Å². The number of carbonyl (C=O) groups is 1. The third-order valence-corrected chi connectivity index (χ3v) is 3.10. The molecule has 1 heterocycles. The minimum absolute atomic E-state index is 0.135. The van der Waals surface area contributed by atoms with E-state index in [4.69, 9.17) is 5.73 Å². The fourth-order valence-electron chi connectivity index (χ4n) is 2.23. The highest BCUT2D eigenvalue weighted by molar-refractivity contribution is 5.69. The molecule has 0 aromatic heterocycles. The van der Waals surface area contributed by atoms with E-state index in [1.54, 1.807) is 0 Å². The predicted molar refractivity (Wildman–Crippen MR) is 59.5 cm³/mol. The number of ether oxygens (including phenoxy) is 1. The number of hydrogen-bond acceptors (Lipinski definition) is 4. The molecule has 1 aliphatic heterocycles. The number of esters is 1. The minimum atomic E-state index is -0.135. The summed E-state index contributed by atoms with van der Waals surface area (Å²) >= 11 is 0. The van der Waals surface area contributed by atoms with Gasteiger partial charge in [0.1, 0.15) is 0 Å². The molecule has 0 spiro atoms. The van der Waals surface area contributed by atoms with Crippen molar-refractivity contribution in [1.82, 2.24) is 4.90 Å². The molecule has 0 amide bonds. The number of carbonyl (C=O) groups excluding carboxylic acids is 1. The van der Waals surface area contributed by atoms with Crippen LogP contribution in [0.15, 0.2) is 0 Å². The van der Waals surface area contributed by atoms with Crippen molar-refractivity contribution in [2.45, 2.75) is 44.7 Å². The monoisotopic (exact) mass is 214 g/mol. The van der Waals surface area contributed by atoms with Crippen LogP contribution in [-0.4, -0.2) is 43.2 Å². The number of hydrogen-bond donors (Lipinski definition) is 1. The first-order valence-electron chi connectivity index (χ1n) is 5.71. The fraction of sp³-hybridized carbons (Fsp3) is 0.909. The number of rotatable bonds is 4. The Labute approximate surface area is 91.8 Å². The van der Waals surface area contributed by atoms with Crippen LogP contribution in [0.4, 0.5) is 0 Å². The maximum absolute atomic E-state index is 11.1. The number of nitrogens with two attached hydrogens (primary N) is 1. The van der Waals surface area contributed by atoms with Gasteiger partial charge >= 0.3 is 5.97 Å². The summed E-state index contributed by atoms with van der Waals surface area (Å²) in [5, 5.41) is 0. The van der Waals surface area contributed by atoms with E-state index in [0.717, 1.165) is 19.5 Å². The Bertz CT molecular complexity index is 207. The van der Waals surface area contributed by atoms with E-state index in [0.29, 0.717) is 12.5 Å². The maximum Gasteiger partial charge on any atom is 0.306 e. The molecule has 15 heavy (non-hydrogen) atoms. The number of piperidine rings is 1. The van der Waals surface area contributed by atoms with Crippen LogP contribution in [0, 0.1) is 0 Å². The topological polar surface area (TPSA) is 55.6 Å². The molecule has 2 unspecified atom stereocenters. The zero-order valence-corrected chi connectivity index (χ0v) is 9.74. The lowest BCUT2D eigenvalue weighted by Crippen LogP contribution is -2.49.